The zero-order valence-corrected chi connectivity index (χ0v) is 15.6. The molecule has 4 nitrogen and oxygen atoms in total. The first-order chi connectivity index (χ1) is 12.6. The van der Waals surface area contributed by atoms with Crippen molar-refractivity contribution in [2.45, 2.75) is 51.2 Å². The number of aromatic amines is 1. The molecule has 2 unspecified atom stereocenters. The van der Waals surface area contributed by atoms with Crippen LogP contribution in [0.1, 0.15) is 56.0 Å². The minimum Gasteiger partial charge on any atom is -0.371 e. The topological polar surface area (TPSA) is 55.7 Å². The maximum Gasteiger partial charge on any atom is 0.417 e. The van der Waals surface area contributed by atoms with E-state index >= 15 is 0 Å². The quantitative estimate of drug-likeness (QED) is 0.811. The van der Waals surface area contributed by atoms with E-state index < -0.39 is 11.7 Å². The fraction of sp³-hybridized carbons (Fsp3) is 0.500. The van der Waals surface area contributed by atoms with Gasteiger partial charge in [-0.25, -0.2) is 4.98 Å². The van der Waals surface area contributed by atoms with Crippen molar-refractivity contribution in [2.24, 2.45) is 5.41 Å². The maximum absolute atomic E-state index is 13.3. The molecule has 1 heterocycles. The van der Waals surface area contributed by atoms with Crippen molar-refractivity contribution in [1.29, 1.82) is 5.26 Å². The van der Waals surface area contributed by atoms with Gasteiger partial charge in [0.2, 0.25) is 0 Å². The molecule has 0 bridgehead atoms. The molecule has 0 spiro atoms. The summed E-state index contributed by atoms with van der Waals surface area (Å²) in [6.45, 7) is 4.31. The Labute approximate surface area is 157 Å². The molecule has 0 saturated heterocycles. The lowest BCUT2D eigenvalue weighted by molar-refractivity contribution is -0.137. The van der Waals surface area contributed by atoms with Crippen molar-refractivity contribution in [1.82, 2.24) is 9.97 Å². The van der Waals surface area contributed by atoms with Crippen LogP contribution >= 0.6 is 0 Å². The third-order valence-corrected chi connectivity index (χ3v) is 5.76. The van der Waals surface area contributed by atoms with Crippen molar-refractivity contribution in [2.75, 3.05) is 11.9 Å². The number of hydrogen-bond donors (Lipinski definition) is 1. The molecule has 1 N–H and O–H groups in total. The number of imidazole rings is 1. The molecular weight excluding hydrogens is 353 g/mol. The molecule has 27 heavy (non-hydrogen) atoms. The predicted molar refractivity (Wildman–Crippen MR) is 97.3 cm³/mol. The van der Waals surface area contributed by atoms with Crippen molar-refractivity contribution in [3.8, 4) is 6.07 Å². The van der Waals surface area contributed by atoms with Crippen LogP contribution in [0.5, 0.6) is 0 Å². The maximum atomic E-state index is 13.3. The van der Waals surface area contributed by atoms with Gasteiger partial charge < -0.3 is 9.88 Å². The van der Waals surface area contributed by atoms with Gasteiger partial charge >= 0.3 is 6.18 Å². The van der Waals surface area contributed by atoms with Gasteiger partial charge in [-0.05, 0) is 42.9 Å². The molecule has 1 aromatic heterocycles. The first-order valence-corrected chi connectivity index (χ1v) is 8.97. The first-order valence-electron chi connectivity index (χ1n) is 8.97. The van der Waals surface area contributed by atoms with Gasteiger partial charge in [-0.1, -0.05) is 13.8 Å². The Morgan fingerprint density at radius 3 is 2.67 bits per heavy atom. The molecule has 0 amide bonds. The zero-order chi connectivity index (χ0) is 19.8. The Balaban J connectivity index is 1.93. The number of benzene rings is 1. The Kier molecular flexibility index (Phi) is 4.94. The van der Waals surface area contributed by atoms with E-state index in [2.05, 4.69) is 23.8 Å². The van der Waals surface area contributed by atoms with Crippen LogP contribution in [0.25, 0.3) is 0 Å². The van der Waals surface area contributed by atoms with Crippen molar-refractivity contribution < 1.29 is 13.2 Å². The fourth-order valence-electron chi connectivity index (χ4n) is 4.11. The molecule has 3 rings (SSSR count). The third-order valence-electron chi connectivity index (χ3n) is 5.76. The number of rotatable bonds is 3. The molecule has 1 saturated carbocycles. The lowest BCUT2D eigenvalue weighted by Gasteiger charge is -2.47. The summed E-state index contributed by atoms with van der Waals surface area (Å²) in [5.41, 5.74) is -0.814. The summed E-state index contributed by atoms with van der Waals surface area (Å²) in [5, 5.41) is 9.01. The van der Waals surface area contributed by atoms with E-state index in [9.17, 15) is 13.2 Å². The Bertz CT molecular complexity index is 834. The smallest absolute Gasteiger partial charge is 0.371 e. The number of aromatic nitrogens is 2. The average Bonchev–Trinajstić information content (AvgIpc) is 3.14. The minimum absolute atomic E-state index is 0.0513. The van der Waals surface area contributed by atoms with Gasteiger partial charge in [0.15, 0.2) is 0 Å². The molecule has 7 heteroatoms. The number of nitrogens with one attached hydrogen (secondary N) is 1. The number of H-pyrrole nitrogens is 1. The molecule has 0 radical (unpaired) electrons. The van der Waals surface area contributed by atoms with E-state index in [1.807, 2.05) is 11.9 Å². The van der Waals surface area contributed by atoms with Gasteiger partial charge in [-0.15, -0.1) is 0 Å². The number of anilines is 1. The minimum atomic E-state index is -4.55. The second-order valence-corrected chi connectivity index (χ2v) is 7.90. The van der Waals surface area contributed by atoms with Crippen LogP contribution in [0.2, 0.25) is 0 Å². The van der Waals surface area contributed by atoms with Crippen LogP contribution in [-0.2, 0) is 6.18 Å². The molecule has 1 fully saturated rings. The normalized spacial score (nSPS) is 22.3. The molecule has 2 aromatic rings. The summed E-state index contributed by atoms with van der Waals surface area (Å²) in [4.78, 5) is 9.45. The van der Waals surface area contributed by atoms with Gasteiger partial charge in [-0.3, -0.25) is 0 Å². The summed E-state index contributed by atoms with van der Waals surface area (Å²) >= 11 is 0. The summed E-state index contributed by atoms with van der Waals surface area (Å²) < 4.78 is 40.0. The molecule has 144 valence electrons. The fourth-order valence-corrected chi connectivity index (χ4v) is 4.11. The summed E-state index contributed by atoms with van der Waals surface area (Å²) in [5.74, 6) is 1.18. The number of nitrogens with zero attached hydrogens (tertiary/aromatic N) is 3. The molecular formula is C20H23F3N4. The number of alkyl halides is 3. The predicted octanol–water partition coefficient (Wildman–Crippen LogP) is 5.10. The van der Waals surface area contributed by atoms with Crippen LogP contribution in [0, 0.1) is 16.7 Å². The number of nitriles is 1. The zero-order valence-electron chi connectivity index (χ0n) is 15.6. The lowest BCUT2D eigenvalue weighted by Crippen LogP contribution is -2.47. The van der Waals surface area contributed by atoms with Gasteiger partial charge in [0, 0.05) is 37.1 Å². The van der Waals surface area contributed by atoms with Crippen molar-refractivity contribution >= 4 is 5.69 Å². The first kappa shape index (κ1) is 19.3. The van der Waals surface area contributed by atoms with Crippen molar-refractivity contribution in [3.63, 3.8) is 0 Å². The van der Waals surface area contributed by atoms with Gasteiger partial charge in [0.05, 0.1) is 17.2 Å². The highest BCUT2D eigenvalue weighted by atomic mass is 19.4. The number of hydrogen-bond acceptors (Lipinski definition) is 3. The Morgan fingerprint density at radius 2 is 2.07 bits per heavy atom. The van der Waals surface area contributed by atoms with E-state index in [-0.39, 0.29) is 22.9 Å². The van der Waals surface area contributed by atoms with Crippen LogP contribution in [0.15, 0.2) is 30.6 Å². The van der Waals surface area contributed by atoms with Gasteiger partial charge in [0.1, 0.15) is 5.82 Å². The molecule has 1 aliphatic carbocycles. The lowest BCUT2D eigenvalue weighted by atomic mass is 9.68. The van der Waals surface area contributed by atoms with Crippen LogP contribution in [-0.4, -0.2) is 23.1 Å². The van der Waals surface area contributed by atoms with Crippen LogP contribution in [0.4, 0.5) is 18.9 Å². The van der Waals surface area contributed by atoms with Gasteiger partial charge in [-0.2, -0.15) is 18.4 Å². The van der Waals surface area contributed by atoms with E-state index in [1.165, 1.54) is 6.07 Å². The highest BCUT2D eigenvalue weighted by molar-refractivity contribution is 5.55. The Hall–Kier alpha value is -2.49. The second kappa shape index (κ2) is 6.91. The second-order valence-electron chi connectivity index (χ2n) is 7.90. The largest absolute Gasteiger partial charge is 0.417 e. The molecule has 0 aliphatic heterocycles. The standard InChI is InChI=1S/C20H23F3N4/c1-19(2)7-6-13(18-25-8-9-26-18)10-17(19)27(3)15-5-4-14(12-24)16(11-15)20(21,22)23/h4-5,8-9,11,13,17H,6-7,10H2,1-3H3,(H,25,26). The van der Waals surface area contributed by atoms with Crippen LogP contribution < -0.4 is 4.90 Å². The summed E-state index contributed by atoms with van der Waals surface area (Å²) in [6, 6.07) is 5.63. The van der Waals surface area contributed by atoms with Crippen LogP contribution in [0.3, 0.4) is 0 Å². The van der Waals surface area contributed by atoms with Crippen molar-refractivity contribution in [3.05, 3.63) is 47.5 Å². The molecule has 1 aromatic carbocycles. The molecule has 1 aliphatic rings. The van der Waals surface area contributed by atoms with Gasteiger partial charge in [0.25, 0.3) is 0 Å². The summed E-state index contributed by atoms with van der Waals surface area (Å²) in [7, 11) is 1.83. The Morgan fingerprint density at radius 1 is 1.33 bits per heavy atom. The SMILES string of the molecule is CN(c1ccc(C#N)c(C(F)(F)F)c1)C1CC(c2ncc[nH]2)CCC1(C)C. The molecule has 2 atom stereocenters. The number of halogens is 3. The van der Waals surface area contributed by atoms with E-state index in [0.29, 0.717) is 5.69 Å². The monoisotopic (exact) mass is 376 g/mol. The van der Waals surface area contributed by atoms with E-state index in [1.54, 1.807) is 24.5 Å². The summed E-state index contributed by atoms with van der Waals surface area (Å²) in [6.07, 6.45) is 1.72. The highest BCUT2D eigenvalue weighted by Crippen LogP contribution is 2.45. The van der Waals surface area contributed by atoms with E-state index in [4.69, 9.17) is 5.26 Å². The third kappa shape index (κ3) is 3.80. The average molecular weight is 376 g/mol. The van der Waals surface area contributed by atoms with E-state index in [0.717, 1.165) is 31.2 Å². The highest BCUT2D eigenvalue weighted by Gasteiger charge is 2.41.